The van der Waals surface area contributed by atoms with Gasteiger partial charge < -0.3 is 15.4 Å². The van der Waals surface area contributed by atoms with Gasteiger partial charge in [0.05, 0.1) is 35.8 Å². The summed E-state index contributed by atoms with van der Waals surface area (Å²) in [7, 11) is 1.41. The molecule has 1 heterocycles. The van der Waals surface area contributed by atoms with Gasteiger partial charge in [-0.15, -0.1) is 0 Å². The third-order valence-corrected chi connectivity index (χ3v) is 5.45. The van der Waals surface area contributed by atoms with Gasteiger partial charge in [0.2, 0.25) is 0 Å². The first-order chi connectivity index (χ1) is 16.8. The molecule has 2 amide bonds. The normalized spacial score (nSPS) is 10.7. The molecule has 1 aromatic heterocycles. The lowest BCUT2D eigenvalue weighted by atomic mass is 10.1. The van der Waals surface area contributed by atoms with Crippen LogP contribution in [0.4, 0.5) is 20.2 Å². The molecule has 0 bridgehead atoms. The van der Waals surface area contributed by atoms with Crippen molar-refractivity contribution in [3.8, 4) is 11.4 Å². The summed E-state index contributed by atoms with van der Waals surface area (Å²) in [5, 5.41) is 9.59. The maximum Gasteiger partial charge on any atom is 0.259 e. The van der Waals surface area contributed by atoms with E-state index in [1.807, 2.05) is 0 Å². The highest BCUT2D eigenvalue weighted by Gasteiger charge is 2.19. The van der Waals surface area contributed by atoms with Gasteiger partial charge in [-0.2, -0.15) is 5.10 Å². The van der Waals surface area contributed by atoms with Gasteiger partial charge in [-0.05, 0) is 55.5 Å². The van der Waals surface area contributed by atoms with Crippen molar-refractivity contribution in [1.29, 1.82) is 0 Å². The zero-order chi connectivity index (χ0) is 25.1. The molecule has 0 radical (unpaired) electrons. The van der Waals surface area contributed by atoms with E-state index in [1.165, 1.54) is 42.3 Å². The quantitative estimate of drug-likeness (QED) is 0.362. The lowest BCUT2D eigenvalue weighted by molar-refractivity contribution is 0.101. The molecule has 4 aromatic rings. The van der Waals surface area contributed by atoms with Crippen molar-refractivity contribution in [3.05, 3.63) is 100 Å². The number of hydrogen-bond acceptors (Lipinski definition) is 4. The number of halogens is 3. The Kier molecular flexibility index (Phi) is 6.79. The lowest BCUT2D eigenvalue weighted by Crippen LogP contribution is -2.16. The molecule has 35 heavy (non-hydrogen) atoms. The van der Waals surface area contributed by atoms with Crippen LogP contribution in [-0.2, 0) is 0 Å². The van der Waals surface area contributed by atoms with Crippen molar-refractivity contribution in [2.75, 3.05) is 17.7 Å². The molecule has 3 aromatic carbocycles. The van der Waals surface area contributed by atoms with Crippen LogP contribution in [0, 0.1) is 18.6 Å². The van der Waals surface area contributed by atoms with Gasteiger partial charge in [-0.25, -0.2) is 13.5 Å². The van der Waals surface area contributed by atoms with E-state index in [2.05, 4.69) is 15.7 Å². The highest BCUT2D eigenvalue weighted by molar-refractivity contribution is 6.30. The molecule has 10 heteroatoms. The largest absolute Gasteiger partial charge is 0.495 e. The topological polar surface area (TPSA) is 85.2 Å². The summed E-state index contributed by atoms with van der Waals surface area (Å²) in [4.78, 5) is 25.5. The Morgan fingerprint density at radius 2 is 1.69 bits per heavy atom. The van der Waals surface area contributed by atoms with Gasteiger partial charge in [0.25, 0.3) is 11.8 Å². The number of carbonyl (C=O) groups is 2. The van der Waals surface area contributed by atoms with Crippen molar-refractivity contribution in [1.82, 2.24) is 9.78 Å². The van der Waals surface area contributed by atoms with E-state index < -0.39 is 23.4 Å². The molecule has 0 saturated heterocycles. The summed E-state index contributed by atoms with van der Waals surface area (Å²) in [6, 6.07) is 14.4. The number of amides is 2. The smallest absolute Gasteiger partial charge is 0.259 e. The summed E-state index contributed by atoms with van der Waals surface area (Å²) in [6.07, 6.45) is 1.34. The van der Waals surface area contributed by atoms with Crippen LogP contribution in [-0.4, -0.2) is 28.7 Å². The molecule has 0 aliphatic heterocycles. The number of carbonyl (C=O) groups excluding carboxylic acids is 2. The predicted molar refractivity (Wildman–Crippen MR) is 129 cm³/mol. The average Bonchev–Trinajstić information content (AvgIpc) is 3.20. The lowest BCUT2D eigenvalue weighted by Gasteiger charge is -2.13. The highest BCUT2D eigenvalue weighted by atomic mass is 35.5. The summed E-state index contributed by atoms with van der Waals surface area (Å²) in [5.74, 6) is -2.16. The number of nitrogens with zero attached hydrogens (tertiary/aromatic N) is 2. The first kappa shape index (κ1) is 23.9. The maximum absolute atomic E-state index is 14.2. The number of methoxy groups -OCH3 is 1. The van der Waals surface area contributed by atoms with Crippen molar-refractivity contribution >= 4 is 34.8 Å². The van der Waals surface area contributed by atoms with Gasteiger partial charge >= 0.3 is 0 Å². The molecule has 0 aliphatic rings. The van der Waals surface area contributed by atoms with Crippen LogP contribution in [0.2, 0.25) is 5.02 Å². The number of rotatable bonds is 6. The first-order valence-corrected chi connectivity index (χ1v) is 10.7. The molecular formula is C25H19ClF2N4O3. The van der Waals surface area contributed by atoms with E-state index in [4.69, 9.17) is 16.3 Å². The van der Waals surface area contributed by atoms with Crippen LogP contribution in [0.25, 0.3) is 5.69 Å². The number of para-hydroxylation sites is 1. The molecule has 0 fully saturated rings. The summed E-state index contributed by atoms with van der Waals surface area (Å²) < 4.78 is 34.9. The van der Waals surface area contributed by atoms with Crippen LogP contribution >= 0.6 is 11.6 Å². The molecule has 178 valence electrons. The summed E-state index contributed by atoms with van der Waals surface area (Å²) in [6.45, 7) is 1.65. The minimum absolute atomic E-state index is 0.162. The Bertz CT molecular complexity index is 1440. The standard InChI is InChI=1S/C25H19ClF2N4O3/c1-14-18(13-29-32(14)22-6-4-3-5-19(22)27)25(34)30-16-8-10-23(35-2)21(12-16)31-24(33)17-9-7-15(26)11-20(17)28/h3-13H,1-2H3,(H,30,34)(H,31,33). The predicted octanol–water partition coefficient (Wildman–Crippen LogP) is 5.63. The molecule has 0 atom stereocenters. The van der Waals surface area contributed by atoms with Gasteiger partial charge in [-0.3, -0.25) is 9.59 Å². The fourth-order valence-electron chi connectivity index (χ4n) is 3.44. The SMILES string of the molecule is COc1ccc(NC(=O)c2cnn(-c3ccccc3F)c2C)cc1NC(=O)c1ccc(Cl)cc1F. The minimum atomic E-state index is -0.777. The number of ether oxygens (including phenoxy) is 1. The third kappa shape index (κ3) is 4.99. The molecular weight excluding hydrogens is 478 g/mol. The molecule has 7 nitrogen and oxygen atoms in total. The van der Waals surface area contributed by atoms with Gasteiger partial charge in [0.15, 0.2) is 0 Å². The van der Waals surface area contributed by atoms with E-state index in [0.717, 1.165) is 6.07 Å². The van der Waals surface area contributed by atoms with Crippen molar-refractivity contribution in [3.63, 3.8) is 0 Å². The Balaban J connectivity index is 1.57. The van der Waals surface area contributed by atoms with Crippen molar-refractivity contribution < 1.29 is 23.1 Å². The fourth-order valence-corrected chi connectivity index (χ4v) is 3.60. The second-order valence-corrected chi connectivity index (χ2v) is 7.89. The van der Waals surface area contributed by atoms with Crippen LogP contribution in [0.3, 0.4) is 0 Å². The Morgan fingerprint density at radius 1 is 0.943 bits per heavy atom. The number of benzene rings is 3. The van der Waals surface area contributed by atoms with Gasteiger partial charge in [0.1, 0.15) is 23.1 Å². The Hall–Kier alpha value is -4.24. The molecule has 2 N–H and O–H groups in total. The minimum Gasteiger partial charge on any atom is -0.495 e. The molecule has 4 rings (SSSR count). The van der Waals surface area contributed by atoms with Crippen LogP contribution in [0.1, 0.15) is 26.4 Å². The second kappa shape index (κ2) is 9.94. The zero-order valence-corrected chi connectivity index (χ0v) is 19.4. The van der Waals surface area contributed by atoms with E-state index in [9.17, 15) is 18.4 Å². The number of nitrogens with one attached hydrogen (secondary N) is 2. The zero-order valence-electron chi connectivity index (χ0n) is 18.6. The van der Waals surface area contributed by atoms with Crippen molar-refractivity contribution in [2.45, 2.75) is 6.92 Å². The molecule has 0 unspecified atom stereocenters. The van der Waals surface area contributed by atoms with Crippen LogP contribution < -0.4 is 15.4 Å². The molecule has 0 spiro atoms. The number of hydrogen-bond donors (Lipinski definition) is 2. The molecule has 0 saturated carbocycles. The second-order valence-electron chi connectivity index (χ2n) is 7.45. The summed E-state index contributed by atoms with van der Waals surface area (Å²) >= 11 is 5.75. The molecule has 0 aliphatic carbocycles. The highest BCUT2D eigenvalue weighted by Crippen LogP contribution is 2.29. The van der Waals surface area contributed by atoms with E-state index in [0.29, 0.717) is 17.1 Å². The van der Waals surface area contributed by atoms with E-state index >= 15 is 0 Å². The number of anilines is 2. The Morgan fingerprint density at radius 3 is 2.40 bits per heavy atom. The van der Waals surface area contributed by atoms with Crippen LogP contribution in [0.15, 0.2) is 66.9 Å². The van der Waals surface area contributed by atoms with Crippen LogP contribution in [0.5, 0.6) is 5.75 Å². The maximum atomic E-state index is 14.2. The number of aromatic nitrogens is 2. The summed E-state index contributed by atoms with van der Waals surface area (Å²) in [5.41, 5.74) is 1.23. The Labute approximate surface area is 204 Å². The van der Waals surface area contributed by atoms with Gasteiger partial charge in [-0.1, -0.05) is 23.7 Å². The van der Waals surface area contributed by atoms with E-state index in [-0.39, 0.29) is 27.5 Å². The monoisotopic (exact) mass is 496 g/mol. The average molecular weight is 497 g/mol. The first-order valence-electron chi connectivity index (χ1n) is 10.3. The van der Waals surface area contributed by atoms with Gasteiger partial charge in [0, 0.05) is 10.7 Å². The van der Waals surface area contributed by atoms with E-state index in [1.54, 1.807) is 37.3 Å². The third-order valence-electron chi connectivity index (χ3n) is 5.22. The van der Waals surface area contributed by atoms with Crippen molar-refractivity contribution in [2.24, 2.45) is 0 Å². The fraction of sp³-hybridized carbons (Fsp3) is 0.0800.